The van der Waals surface area contributed by atoms with Gasteiger partial charge in [-0.15, -0.1) is 0 Å². The van der Waals surface area contributed by atoms with Crippen molar-refractivity contribution in [1.82, 2.24) is 9.88 Å². The zero-order chi connectivity index (χ0) is 12.1. The van der Waals surface area contributed by atoms with E-state index in [0.717, 1.165) is 45.1 Å². The van der Waals surface area contributed by atoms with Gasteiger partial charge in [-0.2, -0.15) is 0 Å². The lowest BCUT2D eigenvalue weighted by Crippen LogP contribution is -2.40. The number of hydrogen-bond donors (Lipinski definition) is 0. The number of ether oxygens (including phenoxy) is 1. The number of halogens is 1. The molecule has 0 spiro atoms. The predicted octanol–water partition coefficient (Wildman–Crippen LogP) is 1.50. The zero-order valence-corrected chi connectivity index (χ0v) is 10.9. The van der Waals surface area contributed by atoms with Crippen molar-refractivity contribution in [2.24, 2.45) is 0 Å². The summed E-state index contributed by atoms with van der Waals surface area (Å²) in [7, 11) is 2.08. The molecule has 1 aromatic rings. The Bertz CT molecular complexity index is 355. The van der Waals surface area contributed by atoms with E-state index in [4.69, 9.17) is 16.3 Å². The zero-order valence-electron chi connectivity index (χ0n) is 10.1. The van der Waals surface area contributed by atoms with E-state index in [1.807, 2.05) is 12.1 Å². The summed E-state index contributed by atoms with van der Waals surface area (Å²) in [6.07, 6.45) is 1.74. The van der Waals surface area contributed by atoms with Gasteiger partial charge in [0, 0.05) is 45.1 Å². The summed E-state index contributed by atoms with van der Waals surface area (Å²) < 4.78 is 5.33. The lowest BCUT2D eigenvalue weighted by molar-refractivity contribution is 0.0393. The van der Waals surface area contributed by atoms with Gasteiger partial charge in [-0.25, -0.2) is 4.98 Å². The minimum atomic E-state index is 0.542. The molecule has 1 aromatic heterocycles. The molecule has 0 bridgehead atoms. The number of aromatic nitrogens is 1. The summed E-state index contributed by atoms with van der Waals surface area (Å²) in [6, 6.07) is 3.87. The highest BCUT2D eigenvalue weighted by molar-refractivity contribution is 6.29. The molecule has 0 N–H and O–H groups in total. The minimum absolute atomic E-state index is 0.542. The Morgan fingerprint density at radius 3 is 2.94 bits per heavy atom. The molecule has 1 fully saturated rings. The third kappa shape index (κ3) is 3.84. The summed E-state index contributed by atoms with van der Waals surface area (Å²) in [6.45, 7) is 5.81. The van der Waals surface area contributed by atoms with Crippen molar-refractivity contribution in [3.8, 4) is 0 Å². The predicted molar refractivity (Wildman–Crippen MR) is 69.8 cm³/mol. The highest BCUT2D eigenvalue weighted by atomic mass is 35.5. The van der Waals surface area contributed by atoms with Crippen molar-refractivity contribution in [2.45, 2.75) is 0 Å². The number of anilines is 1. The maximum atomic E-state index is 5.87. The Balaban J connectivity index is 1.82. The number of hydrogen-bond acceptors (Lipinski definition) is 4. The third-order valence-corrected chi connectivity index (χ3v) is 3.21. The average Bonchev–Trinajstić information content (AvgIpc) is 2.37. The smallest absolute Gasteiger partial charge is 0.131 e. The van der Waals surface area contributed by atoms with Gasteiger partial charge in [0.1, 0.15) is 5.15 Å². The van der Waals surface area contributed by atoms with Gasteiger partial charge in [0.15, 0.2) is 0 Å². The second-order valence-electron chi connectivity index (χ2n) is 4.21. The van der Waals surface area contributed by atoms with Crippen molar-refractivity contribution in [1.29, 1.82) is 0 Å². The topological polar surface area (TPSA) is 28.6 Å². The fourth-order valence-electron chi connectivity index (χ4n) is 1.87. The number of pyridine rings is 1. The monoisotopic (exact) mass is 255 g/mol. The normalized spacial score (nSPS) is 17.1. The van der Waals surface area contributed by atoms with E-state index in [-0.39, 0.29) is 0 Å². The summed E-state index contributed by atoms with van der Waals surface area (Å²) in [5, 5.41) is 0.542. The van der Waals surface area contributed by atoms with E-state index in [2.05, 4.69) is 21.8 Å². The Kier molecular flexibility index (Phi) is 4.59. The highest BCUT2D eigenvalue weighted by Crippen LogP contribution is 2.15. The van der Waals surface area contributed by atoms with Crippen LogP contribution in [0.15, 0.2) is 18.3 Å². The standard InChI is InChI=1S/C12H18ClN3O/c1-15(11-2-3-14-12(13)10-11)4-5-16-6-8-17-9-7-16/h2-3,10H,4-9H2,1H3. The van der Waals surface area contributed by atoms with Crippen LogP contribution >= 0.6 is 11.6 Å². The molecule has 0 aromatic carbocycles. The van der Waals surface area contributed by atoms with Crippen LogP contribution in [0.5, 0.6) is 0 Å². The van der Waals surface area contributed by atoms with Crippen LogP contribution in [0.4, 0.5) is 5.69 Å². The van der Waals surface area contributed by atoms with E-state index in [0.29, 0.717) is 5.15 Å². The van der Waals surface area contributed by atoms with E-state index >= 15 is 0 Å². The number of likely N-dealkylation sites (N-methyl/N-ethyl adjacent to an activating group) is 1. The van der Waals surface area contributed by atoms with E-state index in [1.54, 1.807) is 6.20 Å². The van der Waals surface area contributed by atoms with Crippen LogP contribution in [-0.4, -0.2) is 56.3 Å². The van der Waals surface area contributed by atoms with E-state index < -0.39 is 0 Å². The maximum Gasteiger partial charge on any atom is 0.131 e. The van der Waals surface area contributed by atoms with Crippen LogP contribution < -0.4 is 4.90 Å². The Morgan fingerprint density at radius 1 is 1.47 bits per heavy atom. The van der Waals surface area contributed by atoms with Gasteiger partial charge in [0.05, 0.1) is 13.2 Å². The van der Waals surface area contributed by atoms with Gasteiger partial charge < -0.3 is 9.64 Å². The Labute approximate surface area is 107 Å². The summed E-state index contributed by atoms with van der Waals surface area (Å²) >= 11 is 5.87. The average molecular weight is 256 g/mol. The molecule has 0 atom stereocenters. The Morgan fingerprint density at radius 2 is 2.24 bits per heavy atom. The van der Waals surface area contributed by atoms with E-state index in [1.165, 1.54) is 0 Å². The molecule has 0 unspecified atom stereocenters. The van der Waals surface area contributed by atoms with Crippen LogP contribution in [0.1, 0.15) is 0 Å². The van der Waals surface area contributed by atoms with Gasteiger partial charge in [-0.05, 0) is 12.1 Å². The second-order valence-corrected chi connectivity index (χ2v) is 4.60. The molecule has 4 nitrogen and oxygen atoms in total. The molecular weight excluding hydrogens is 238 g/mol. The van der Waals surface area contributed by atoms with Gasteiger partial charge >= 0.3 is 0 Å². The fraction of sp³-hybridized carbons (Fsp3) is 0.583. The molecule has 17 heavy (non-hydrogen) atoms. The van der Waals surface area contributed by atoms with Crippen molar-refractivity contribution in [3.63, 3.8) is 0 Å². The lowest BCUT2D eigenvalue weighted by Gasteiger charge is -2.29. The number of nitrogens with zero attached hydrogens (tertiary/aromatic N) is 3. The van der Waals surface area contributed by atoms with Gasteiger partial charge in [-0.1, -0.05) is 11.6 Å². The fourth-order valence-corrected chi connectivity index (χ4v) is 2.04. The molecule has 0 radical (unpaired) electrons. The van der Waals surface area contributed by atoms with Crippen molar-refractivity contribution in [3.05, 3.63) is 23.5 Å². The van der Waals surface area contributed by atoms with Crippen LogP contribution in [-0.2, 0) is 4.74 Å². The molecule has 1 saturated heterocycles. The number of morpholine rings is 1. The van der Waals surface area contributed by atoms with Crippen molar-refractivity contribution < 1.29 is 4.74 Å². The largest absolute Gasteiger partial charge is 0.379 e. The highest BCUT2D eigenvalue weighted by Gasteiger charge is 2.11. The molecule has 5 heteroatoms. The molecule has 0 saturated carbocycles. The Hall–Kier alpha value is -0.840. The molecule has 2 rings (SSSR count). The molecule has 0 amide bonds. The van der Waals surface area contributed by atoms with Crippen LogP contribution in [0.3, 0.4) is 0 Å². The van der Waals surface area contributed by atoms with Gasteiger partial charge in [0.25, 0.3) is 0 Å². The van der Waals surface area contributed by atoms with Gasteiger partial charge in [-0.3, -0.25) is 4.90 Å². The van der Waals surface area contributed by atoms with Crippen LogP contribution in [0.25, 0.3) is 0 Å². The number of rotatable bonds is 4. The molecule has 0 aliphatic carbocycles. The minimum Gasteiger partial charge on any atom is -0.379 e. The molecular formula is C12H18ClN3O. The summed E-state index contributed by atoms with van der Waals surface area (Å²) in [4.78, 5) is 8.60. The first-order valence-corrected chi connectivity index (χ1v) is 6.26. The first-order chi connectivity index (χ1) is 8.25. The second kappa shape index (κ2) is 6.19. The van der Waals surface area contributed by atoms with Crippen LogP contribution in [0.2, 0.25) is 5.15 Å². The van der Waals surface area contributed by atoms with Gasteiger partial charge in [0.2, 0.25) is 0 Å². The molecule has 2 heterocycles. The first-order valence-electron chi connectivity index (χ1n) is 5.88. The summed E-state index contributed by atoms with van der Waals surface area (Å²) in [5.41, 5.74) is 1.11. The SMILES string of the molecule is CN(CCN1CCOCC1)c1ccnc(Cl)c1. The molecule has 1 aliphatic heterocycles. The maximum absolute atomic E-state index is 5.87. The first kappa shape index (κ1) is 12.6. The van der Waals surface area contributed by atoms with Crippen molar-refractivity contribution >= 4 is 17.3 Å². The van der Waals surface area contributed by atoms with Crippen LogP contribution in [0, 0.1) is 0 Å². The summed E-state index contributed by atoms with van der Waals surface area (Å²) in [5.74, 6) is 0. The molecule has 94 valence electrons. The van der Waals surface area contributed by atoms with E-state index in [9.17, 15) is 0 Å². The molecule has 1 aliphatic rings. The van der Waals surface area contributed by atoms with Crippen molar-refractivity contribution in [2.75, 3.05) is 51.3 Å². The third-order valence-electron chi connectivity index (χ3n) is 3.01. The quantitative estimate of drug-likeness (QED) is 0.763. The lowest BCUT2D eigenvalue weighted by atomic mass is 10.3.